The van der Waals surface area contributed by atoms with E-state index in [-0.39, 0.29) is 12.1 Å². The molecule has 36 heavy (non-hydrogen) atoms. The molecule has 0 saturated carbocycles. The molecule has 6 N–H and O–H groups in total. The number of nitrogen functional groups attached to an aromatic ring is 1. The van der Waals surface area contributed by atoms with Gasteiger partial charge < -0.3 is 35.9 Å². The number of nitrogens with zero attached hydrogens (tertiary/aromatic N) is 4. The molecule has 0 radical (unpaired) electrons. The summed E-state index contributed by atoms with van der Waals surface area (Å²) in [6, 6.07) is 9.31. The van der Waals surface area contributed by atoms with E-state index in [0.29, 0.717) is 42.9 Å². The number of aliphatic hydroxyl groups excluding tert-OH is 2. The van der Waals surface area contributed by atoms with Gasteiger partial charge in [0.25, 0.3) is 0 Å². The molecule has 3 aromatic rings. The summed E-state index contributed by atoms with van der Waals surface area (Å²) in [4.78, 5) is 22.6. The summed E-state index contributed by atoms with van der Waals surface area (Å²) in [7, 11) is 0. The number of nitrogens with one attached hydrogen (secondary N) is 2. The zero-order valence-corrected chi connectivity index (χ0v) is 20.8. The van der Waals surface area contributed by atoms with Crippen LogP contribution in [0.25, 0.3) is 11.0 Å². The summed E-state index contributed by atoms with van der Waals surface area (Å²) < 4.78 is 7.80. The van der Waals surface area contributed by atoms with E-state index in [1.807, 2.05) is 31.2 Å². The highest BCUT2D eigenvalue weighted by Crippen LogP contribution is 2.33. The van der Waals surface area contributed by atoms with Gasteiger partial charge in [0.05, 0.1) is 5.39 Å². The minimum absolute atomic E-state index is 0.179. The van der Waals surface area contributed by atoms with Crippen LogP contribution in [0.4, 0.5) is 16.3 Å². The highest BCUT2D eigenvalue weighted by Gasteiger charge is 2.44. The monoisotopic (exact) mass is 497 g/mol. The average molecular weight is 498 g/mol. The molecular weight excluding hydrogens is 462 g/mol. The molecule has 0 aliphatic carbocycles. The molecule has 2 amide bonds. The third-order valence-electron chi connectivity index (χ3n) is 6.51. The van der Waals surface area contributed by atoms with Gasteiger partial charge in [-0.2, -0.15) is 0 Å². The van der Waals surface area contributed by atoms with Gasteiger partial charge in [-0.15, -0.1) is 0 Å². The summed E-state index contributed by atoms with van der Waals surface area (Å²) in [5, 5.41) is 27.9. The molecule has 4 rings (SSSR count). The predicted molar refractivity (Wildman–Crippen MR) is 137 cm³/mol. The van der Waals surface area contributed by atoms with Crippen LogP contribution in [0.3, 0.4) is 0 Å². The van der Waals surface area contributed by atoms with Crippen molar-refractivity contribution in [3.05, 3.63) is 48.4 Å². The number of amides is 2. The fourth-order valence-electron chi connectivity index (χ4n) is 4.39. The van der Waals surface area contributed by atoms with E-state index < -0.39 is 24.5 Å². The smallest absolute Gasteiger partial charge is 0.319 e. The Labute approximate surface area is 210 Å². The molecule has 0 bridgehead atoms. The van der Waals surface area contributed by atoms with E-state index in [4.69, 9.17) is 10.5 Å². The van der Waals surface area contributed by atoms with Crippen LogP contribution >= 0.6 is 0 Å². The number of hydrogen-bond donors (Lipinski definition) is 5. The number of urea groups is 1. The molecule has 2 aromatic heterocycles. The second kappa shape index (κ2) is 11.2. The number of carbonyl (C=O) groups excluding carboxylic acids is 1. The summed E-state index contributed by atoms with van der Waals surface area (Å²) in [6.07, 6.45) is 0.229. The van der Waals surface area contributed by atoms with E-state index in [1.165, 1.54) is 6.33 Å². The molecular formula is C25H35N7O4. The van der Waals surface area contributed by atoms with Gasteiger partial charge in [-0.05, 0) is 45.4 Å². The molecule has 1 fully saturated rings. The van der Waals surface area contributed by atoms with Crippen molar-refractivity contribution < 1.29 is 19.7 Å². The van der Waals surface area contributed by atoms with Gasteiger partial charge in [0, 0.05) is 37.6 Å². The number of aryl methyl sites for hydroxylation is 1. The lowest BCUT2D eigenvalue weighted by atomic mass is 10.1. The van der Waals surface area contributed by atoms with E-state index in [0.717, 1.165) is 11.3 Å². The summed E-state index contributed by atoms with van der Waals surface area (Å²) in [5.41, 5.74) is 8.33. The lowest BCUT2D eigenvalue weighted by molar-refractivity contribution is -0.0465. The van der Waals surface area contributed by atoms with Crippen molar-refractivity contribution in [2.45, 2.75) is 57.8 Å². The van der Waals surface area contributed by atoms with Crippen molar-refractivity contribution >= 4 is 28.6 Å². The Morgan fingerprint density at radius 1 is 1.19 bits per heavy atom. The quantitative estimate of drug-likeness (QED) is 0.281. The standard InChI is InChI=1S/C25H35N7O4/c1-15(2)31(11-4-10-27-25(35)30-17-7-5-16(3)6-8-17)13-19-20(33)21(34)24(36-19)32-12-9-18-22(26)28-14-29-23(18)32/h5-9,12,14-15,19-21,24,33-34H,4,10-11,13H2,1-3H3,(H2,26,28,29)(H2,27,30,35). The summed E-state index contributed by atoms with van der Waals surface area (Å²) in [5.74, 6) is 0.343. The highest BCUT2D eigenvalue weighted by molar-refractivity contribution is 5.89. The van der Waals surface area contributed by atoms with Crippen molar-refractivity contribution in [1.29, 1.82) is 0 Å². The molecule has 11 nitrogen and oxygen atoms in total. The minimum atomic E-state index is -1.12. The van der Waals surface area contributed by atoms with Crippen LogP contribution in [-0.4, -0.2) is 79.7 Å². The molecule has 3 heterocycles. The van der Waals surface area contributed by atoms with Crippen molar-refractivity contribution in [2.75, 3.05) is 30.7 Å². The number of rotatable bonds is 9. The molecule has 194 valence electrons. The normalized spacial score (nSPS) is 22.0. The minimum Gasteiger partial charge on any atom is -0.387 e. The van der Waals surface area contributed by atoms with E-state index in [9.17, 15) is 15.0 Å². The second-order valence-corrected chi connectivity index (χ2v) is 9.45. The number of benzene rings is 1. The third-order valence-corrected chi connectivity index (χ3v) is 6.51. The van der Waals surface area contributed by atoms with E-state index >= 15 is 0 Å². The predicted octanol–water partition coefficient (Wildman–Crippen LogP) is 1.86. The Morgan fingerprint density at radius 2 is 1.94 bits per heavy atom. The number of aromatic nitrogens is 3. The number of ether oxygens (including phenoxy) is 1. The fourth-order valence-corrected chi connectivity index (χ4v) is 4.39. The van der Waals surface area contributed by atoms with Crippen molar-refractivity contribution in [2.24, 2.45) is 0 Å². The number of carbonyl (C=O) groups is 1. The van der Waals surface area contributed by atoms with Crippen LogP contribution in [0.2, 0.25) is 0 Å². The Morgan fingerprint density at radius 3 is 2.67 bits per heavy atom. The van der Waals surface area contributed by atoms with Crippen LogP contribution in [0.5, 0.6) is 0 Å². The number of anilines is 2. The molecule has 1 aliphatic rings. The first kappa shape index (κ1) is 25.8. The average Bonchev–Trinajstić information content (AvgIpc) is 3.39. The van der Waals surface area contributed by atoms with Gasteiger partial charge in [-0.3, -0.25) is 4.90 Å². The number of hydrogen-bond acceptors (Lipinski definition) is 8. The van der Waals surface area contributed by atoms with Crippen molar-refractivity contribution in [3.63, 3.8) is 0 Å². The Bertz CT molecular complexity index is 1170. The third kappa shape index (κ3) is 5.76. The highest BCUT2D eigenvalue weighted by atomic mass is 16.6. The maximum atomic E-state index is 12.2. The van der Waals surface area contributed by atoms with Crippen LogP contribution in [0, 0.1) is 6.92 Å². The molecule has 1 saturated heterocycles. The maximum absolute atomic E-state index is 12.2. The first-order valence-corrected chi connectivity index (χ1v) is 12.2. The zero-order valence-electron chi connectivity index (χ0n) is 20.8. The summed E-state index contributed by atoms with van der Waals surface area (Å²) >= 11 is 0. The Hall–Kier alpha value is -3.25. The van der Waals surface area contributed by atoms with Crippen LogP contribution in [0.1, 0.15) is 32.1 Å². The first-order chi connectivity index (χ1) is 17.2. The van der Waals surface area contributed by atoms with Gasteiger partial charge in [-0.25, -0.2) is 14.8 Å². The molecule has 4 atom stereocenters. The first-order valence-electron chi connectivity index (χ1n) is 12.2. The lowest BCUT2D eigenvalue weighted by Gasteiger charge is -2.30. The van der Waals surface area contributed by atoms with Gasteiger partial charge >= 0.3 is 6.03 Å². The SMILES string of the molecule is Cc1ccc(NC(=O)NCCCN(CC2OC(n3ccc4c(N)ncnc43)C(O)C2O)C(C)C)cc1. The van der Waals surface area contributed by atoms with Gasteiger partial charge in [-0.1, -0.05) is 17.7 Å². The maximum Gasteiger partial charge on any atom is 0.319 e. The van der Waals surface area contributed by atoms with Gasteiger partial charge in [0.1, 0.15) is 36.1 Å². The Balaban J connectivity index is 1.30. The van der Waals surface area contributed by atoms with Crippen LogP contribution in [-0.2, 0) is 4.74 Å². The lowest BCUT2D eigenvalue weighted by Crippen LogP contribution is -2.44. The van der Waals surface area contributed by atoms with E-state index in [1.54, 1.807) is 16.8 Å². The largest absolute Gasteiger partial charge is 0.387 e. The van der Waals surface area contributed by atoms with Gasteiger partial charge in [0.15, 0.2) is 6.23 Å². The van der Waals surface area contributed by atoms with Crippen LogP contribution in [0.15, 0.2) is 42.9 Å². The molecule has 1 aromatic carbocycles. The molecule has 0 spiro atoms. The molecule has 4 unspecified atom stereocenters. The summed E-state index contributed by atoms with van der Waals surface area (Å²) in [6.45, 7) is 7.73. The van der Waals surface area contributed by atoms with E-state index in [2.05, 4.69) is 39.3 Å². The van der Waals surface area contributed by atoms with Crippen LogP contribution < -0.4 is 16.4 Å². The topological polar surface area (TPSA) is 151 Å². The zero-order chi connectivity index (χ0) is 25.8. The number of fused-ring (bicyclic) bond motifs is 1. The number of nitrogens with two attached hydrogens (primary N) is 1. The second-order valence-electron chi connectivity index (χ2n) is 9.45. The number of aliphatic hydroxyl groups is 2. The van der Waals surface area contributed by atoms with Crippen molar-refractivity contribution in [3.8, 4) is 0 Å². The van der Waals surface area contributed by atoms with Crippen molar-refractivity contribution in [1.82, 2.24) is 24.8 Å². The van der Waals surface area contributed by atoms with Gasteiger partial charge in [0.2, 0.25) is 0 Å². The Kier molecular flexibility index (Phi) is 8.04. The fraction of sp³-hybridized carbons (Fsp3) is 0.480. The molecule has 11 heteroatoms. The molecule has 1 aliphatic heterocycles.